The summed E-state index contributed by atoms with van der Waals surface area (Å²) in [6.45, 7) is 2.83. The molecule has 0 amide bonds. The van der Waals surface area contributed by atoms with E-state index in [1.54, 1.807) is 0 Å². The number of carboxylic acid groups (broad SMARTS) is 2. The highest BCUT2D eigenvalue weighted by atomic mass is 16.8. The summed E-state index contributed by atoms with van der Waals surface area (Å²) in [6.07, 6.45) is -3.35. The van der Waals surface area contributed by atoms with Crippen LogP contribution in [0.1, 0.15) is 0 Å². The zero-order valence-corrected chi connectivity index (χ0v) is 8.04. The van der Waals surface area contributed by atoms with Crippen LogP contribution in [0.4, 0.5) is 9.59 Å². The number of benzene rings is 1. The second kappa shape index (κ2) is 4.83. The summed E-state index contributed by atoms with van der Waals surface area (Å²) in [5.41, 5.74) is 2.85. The Labute approximate surface area is 90.3 Å². The second-order valence-electron chi connectivity index (χ2n) is 2.69. The minimum absolute atomic E-state index is 0.792. The third-order valence-corrected chi connectivity index (χ3v) is 1.62. The van der Waals surface area contributed by atoms with E-state index in [4.69, 9.17) is 10.2 Å². The smallest absolute Gasteiger partial charge is 0.449 e. The van der Waals surface area contributed by atoms with E-state index >= 15 is 0 Å². The largest absolute Gasteiger partial charge is 0.513 e. The van der Waals surface area contributed by atoms with Gasteiger partial charge in [-0.3, -0.25) is 0 Å². The van der Waals surface area contributed by atoms with E-state index in [2.05, 4.69) is 40.3 Å². The molecule has 84 valence electrons. The van der Waals surface area contributed by atoms with Crippen LogP contribution in [0, 0.1) is 0 Å². The standard InChI is InChI=1S/C6H4.C4H4O6/c1-2-6-4-3-5(1)6;1-2(9-3(5)6)10-4(7)8/h1-4H;1H2,(H,5,6)(H,7,8). The van der Waals surface area contributed by atoms with Crippen molar-refractivity contribution in [3.05, 3.63) is 36.8 Å². The Balaban J connectivity index is 0.000000176. The molecule has 2 aliphatic carbocycles. The molecule has 0 spiro atoms. The predicted molar refractivity (Wildman–Crippen MR) is 52.8 cm³/mol. The van der Waals surface area contributed by atoms with Crippen molar-refractivity contribution in [3.63, 3.8) is 0 Å². The topological polar surface area (TPSA) is 93.1 Å². The van der Waals surface area contributed by atoms with Crippen LogP contribution in [0.3, 0.4) is 0 Å². The van der Waals surface area contributed by atoms with E-state index in [0.717, 1.165) is 0 Å². The Hall–Kier alpha value is -2.50. The summed E-state index contributed by atoms with van der Waals surface area (Å²) in [7, 11) is 0. The van der Waals surface area contributed by atoms with Crippen molar-refractivity contribution in [1.82, 2.24) is 0 Å². The molecule has 0 aromatic carbocycles. The van der Waals surface area contributed by atoms with Crippen molar-refractivity contribution < 1.29 is 29.3 Å². The first-order valence-electron chi connectivity index (χ1n) is 4.10. The number of carbonyl (C=O) groups is 2. The molecule has 2 aliphatic rings. The zero-order chi connectivity index (χ0) is 12.1. The normalized spacial score (nSPS) is 9.25. The van der Waals surface area contributed by atoms with Crippen LogP contribution in [0.2, 0.25) is 0 Å². The lowest BCUT2D eigenvalue weighted by Gasteiger charge is -2.10. The summed E-state index contributed by atoms with van der Waals surface area (Å²) in [5, 5.41) is 15.7. The number of fused-ring (bicyclic) bond motifs is 1. The number of hydrogen-bond donors (Lipinski definition) is 2. The molecule has 0 fully saturated rings. The molecule has 0 aromatic heterocycles. The maximum Gasteiger partial charge on any atom is 0.513 e. The Morgan fingerprint density at radius 3 is 1.38 bits per heavy atom. The van der Waals surface area contributed by atoms with Crippen LogP contribution in [-0.4, -0.2) is 22.5 Å². The molecule has 0 saturated heterocycles. The Kier molecular flexibility index (Phi) is 3.49. The van der Waals surface area contributed by atoms with Crippen LogP contribution >= 0.6 is 0 Å². The van der Waals surface area contributed by atoms with E-state index in [1.807, 2.05) is 0 Å². The fourth-order valence-electron chi connectivity index (χ4n) is 0.878. The monoisotopic (exact) mass is 224 g/mol. The average molecular weight is 224 g/mol. The van der Waals surface area contributed by atoms with Crippen molar-refractivity contribution in [2.45, 2.75) is 0 Å². The summed E-state index contributed by atoms with van der Waals surface area (Å²) >= 11 is 0. The van der Waals surface area contributed by atoms with E-state index in [0.29, 0.717) is 0 Å². The molecule has 0 aliphatic heterocycles. The van der Waals surface area contributed by atoms with Crippen molar-refractivity contribution in [3.8, 4) is 11.1 Å². The van der Waals surface area contributed by atoms with Gasteiger partial charge in [0.2, 0.25) is 0 Å². The fraction of sp³-hybridized carbons (Fsp3) is 0. The molecular weight excluding hydrogens is 216 g/mol. The Morgan fingerprint density at radius 1 is 0.938 bits per heavy atom. The average Bonchev–Trinajstić information content (AvgIpc) is 2.09. The molecule has 0 radical (unpaired) electrons. The van der Waals surface area contributed by atoms with Gasteiger partial charge in [-0.25, -0.2) is 9.59 Å². The SMILES string of the molecule is C=C(OC(=O)O)OC(=O)O.c1cc2ccc1-2. The van der Waals surface area contributed by atoms with Crippen LogP contribution < -0.4 is 0 Å². The molecule has 0 aromatic rings. The zero-order valence-electron chi connectivity index (χ0n) is 8.04. The van der Waals surface area contributed by atoms with Crippen LogP contribution in [0.15, 0.2) is 36.8 Å². The van der Waals surface area contributed by atoms with Gasteiger partial charge in [0.1, 0.15) is 0 Å². The lowest BCUT2D eigenvalue weighted by Crippen LogP contribution is -2.06. The van der Waals surface area contributed by atoms with Gasteiger partial charge in [0.25, 0.3) is 5.95 Å². The molecule has 0 bridgehead atoms. The highest BCUT2D eigenvalue weighted by Crippen LogP contribution is 2.29. The molecule has 0 saturated carbocycles. The second-order valence-corrected chi connectivity index (χ2v) is 2.69. The van der Waals surface area contributed by atoms with Crippen LogP contribution in [0.5, 0.6) is 0 Å². The quantitative estimate of drug-likeness (QED) is 0.601. The van der Waals surface area contributed by atoms with E-state index < -0.39 is 18.3 Å². The van der Waals surface area contributed by atoms with Crippen molar-refractivity contribution in [2.75, 3.05) is 0 Å². The van der Waals surface area contributed by atoms with E-state index in [-0.39, 0.29) is 0 Å². The first kappa shape index (κ1) is 11.6. The molecule has 16 heavy (non-hydrogen) atoms. The third kappa shape index (κ3) is 3.33. The Bertz CT molecular complexity index is 380. The maximum atomic E-state index is 9.64. The number of ether oxygens (including phenoxy) is 2. The number of rotatable bonds is 2. The first-order valence-corrected chi connectivity index (χ1v) is 4.10. The van der Waals surface area contributed by atoms with Gasteiger partial charge in [-0.1, -0.05) is 24.3 Å². The summed E-state index contributed by atoms with van der Waals surface area (Å²) in [6, 6.07) is 8.48. The van der Waals surface area contributed by atoms with Gasteiger partial charge >= 0.3 is 12.3 Å². The van der Waals surface area contributed by atoms with Crippen molar-refractivity contribution in [2.24, 2.45) is 0 Å². The van der Waals surface area contributed by atoms with Crippen LogP contribution in [-0.2, 0) is 9.47 Å². The van der Waals surface area contributed by atoms with Gasteiger partial charge in [0, 0.05) is 0 Å². The van der Waals surface area contributed by atoms with E-state index in [1.165, 1.54) is 11.1 Å². The number of hydrogen-bond acceptors (Lipinski definition) is 4. The summed E-state index contributed by atoms with van der Waals surface area (Å²) in [5.74, 6) is -0.792. The van der Waals surface area contributed by atoms with Gasteiger partial charge in [0.15, 0.2) is 0 Å². The minimum atomic E-state index is -1.67. The maximum absolute atomic E-state index is 9.64. The van der Waals surface area contributed by atoms with Gasteiger partial charge in [-0.15, -0.1) is 0 Å². The van der Waals surface area contributed by atoms with Crippen molar-refractivity contribution in [1.29, 1.82) is 0 Å². The van der Waals surface area contributed by atoms with Gasteiger partial charge in [-0.2, -0.15) is 0 Å². The molecule has 2 rings (SSSR count). The third-order valence-electron chi connectivity index (χ3n) is 1.62. The molecule has 6 heteroatoms. The van der Waals surface area contributed by atoms with Gasteiger partial charge in [-0.05, 0) is 17.7 Å². The Morgan fingerprint density at radius 2 is 1.25 bits per heavy atom. The van der Waals surface area contributed by atoms with Crippen molar-refractivity contribution >= 4 is 12.3 Å². The molecule has 0 heterocycles. The molecule has 0 unspecified atom stereocenters. The molecule has 6 nitrogen and oxygen atoms in total. The summed E-state index contributed by atoms with van der Waals surface area (Å²) < 4.78 is 7.36. The van der Waals surface area contributed by atoms with Crippen LogP contribution in [0.25, 0.3) is 11.1 Å². The minimum Gasteiger partial charge on any atom is -0.449 e. The summed E-state index contributed by atoms with van der Waals surface area (Å²) in [4.78, 5) is 19.3. The van der Waals surface area contributed by atoms with Gasteiger partial charge < -0.3 is 19.7 Å². The van der Waals surface area contributed by atoms with E-state index in [9.17, 15) is 9.59 Å². The molecule has 0 atom stereocenters. The lowest BCUT2D eigenvalue weighted by molar-refractivity contribution is 0.0435. The predicted octanol–water partition coefficient (Wildman–Crippen LogP) is 2.51. The van der Waals surface area contributed by atoms with Gasteiger partial charge in [0.05, 0.1) is 0 Å². The first-order chi connectivity index (χ1) is 7.49. The fourth-order valence-corrected chi connectivity index (χ4v) is 0.878. The highest BCUT2D eigenvalue weighted by molar-refractivity contribution is 5.75. The highest BCUT2D eigenvalue weighted by Gasteiger charge is 2.06. The molecule has 2 N–H and O–H groups in total. The lowest BCUT2D eigenvalue weighted by atomic mass is 9.95. The molecular formula is C10H8O6.